The van der Waals surface area contributed by atoms with Crippen LogP contribution in [0.3, 0.4) is 0 Å². The molecule has 3 aromatic rings. The lowest BCUT2D eigenvalue weighted by molar-refractivity contribution is 0.0388. The number of rotatable bonds is 4. The number of hydrogen-bond acceptors (Lipinski definition) is 3. The van der Waals surface area contributed by atoms with Crippen molar-refractivity contribution in [3.05, 3.63) is 66.2 Å². The Balaban J connectivity index is 1.63. The van der Waals surface area contributed by atoms with Crippen LogP contribution in [-0.4, -0.2) is 17.7 Å². The first kappa shape index (κ1) is 16.0. The summed E-state index contributed by atoms with van der Waals surface area (Å²) in [7, 11) is 0. The van der Waals surface area contributed by atoms with Crippen LogP contribution in [0.5, 0.6) is 0 Å². The molecule has 0 aliphatic carbocycles. The molecule has 3 rings (SSSR count). The normalized spacial score (nSPS) is 13.5. The molecule has 24 heavy (non-hydrogen) atoms. The number of para-hydroxylation sites is 1. The maximum Gasteiger partial charge on any atom is 0.319 e. The summed E-state index contributed by atoms with van der Waals surface area (Å²) in [4.78, 5) is 11.9. The van der Waals surface area contributed by atoms with E-state index < -0.39 is 11.6 Å². The van der Waals surface area contributed by atoms with Crippen LogP contribution in [0.2, 0.25) is 0 Å². The summed E-state index contributed by atoms with van der Waals surface area (Å²) in [5.74, 6) is -0.0143. The SMILES string of the molecule is CC(O)(CNC(=O)Nc1ccc(F)cc1)c1cc2ccccc2o1. The summed E-state index contributed by atoms with van der Waals surface area (Å²) in [6, 6.07) is 14.1. The first-order valence-corrected chi connectivity index (χ1v) is 7.46. The number of nitrogens with one attached hydrogen (secondary N) is 2. The van der Waals surface area contributed by atoms with E-state index in [1.54, 1.807) is 13.0 Å². The Labute approximate surface area is 138 Å². The lowest BCUT2D eigenvalue weighted by Crippen LogP contribution is -2.40. The Morgan fingerprint density at radius 3 is 2.62 bits per heavy atom. The summed E-state index contributed by atoms with van der Waals surface area (Å²) in [6.45, 7) is 1.52. The minimum absolute atomic E-state index is 0.0418. The highest BCUT2D eigenvalue weighted by Gasteiger charge is 2.28. The summed E-state index contributed by atoms with van der Waals surface area (Å²) in [5, 5.41) is 16.6. The molecule has 1 unspecified atom stereocenters. The van der Waals surface area contributed by atoms with Gasteiger partial charge in [-0.15, -0.1) is 0 Å². The number of amides is 2. The molecule has 0 radical (unpaired) electrons. The molecule has 2 amide bonds. The van der Waals surface area contributed by atoms with E-state index in [0.29, 0.717) is 17.0 Å². The molecule has 6 heteroatoms. The second-order valence-electron chi connectivity index (χ2n) is 5.74. The van der Waals surface area contributed by atoms with Gasteiger partial charge >= 0.3 is 6.03 Å². The van der Waals surface area contributed by atoms with E-state index in [2.05, 4.69) is 10.6 Å². The van der Waals surface area contributed by atoms with Gasteiger partial charge in [-0.1, -0.05) is 18.2 Å². The number of anilines is 1. The molecule has 0 spiro atoms. The number of hydrogen-bond donors (Lipinski definition) is 3. The van der Waals surface area contributed by atoms with Crippen molar-refractivity contribution in [2.24, 2.45) is 0 Å². The standard InChI is InChI=1S/C18H17FN2O3/c1-18(23,16-10-12-4-2-3-5-15(12)24-16)11-20-17(22)21-14-8-6-13(19)7-9-14/h2-10,23H,11H2,1H3,(H2,20,21,22). The van der Waals surface area contributed by atoms with E-state index >= 15 is 0 Å². The molecule has 3 N–H and O–H groups in total. The van der Waals surface area contributed by atoms with Crippen LogP contribution in [0, 0.1) is 5.82 Å². The van der Waals surface area contributed by atoms with Gasteiger partial charge in [-0.2, -0.15) is 0 Å². The zero-order valence-electron chi connectivity index (χ0n) is 13.0. The maximum atomic E-state index is 12.8. The van der Waals surface area contributed by atoms with E-state index in [0.717, 1.165) is 5.39 Å². The quantitative estimate of drug-likeness (QED) is 0.685. The molecule has 0 saturated heterocycles. The van der Waals surface area contributed by atoms with Crippen molar-refractivity contribution in [1.82, 2.24) is 5.32 Å². The van der Waals surface area contributed by atoms with Gasteiger partial charge in [0.1, 0.15) is 22.8 Å². The summed E-state index contributed by atoms with van der Waals surface area (Å²) in [6.07, 6.45) is 0. The number of carbonyl (C=O) groups is 1. The molecule has 0 fully saturated rings. The van der Waals surface area contributed by atoms with Crippen molar-refractivity contribution < 1.29 is 18.7 Å². The molecule has 1 atom stereocenters. The minimum Gasteiger partial charge on any atom is -0.458 e. The van der Waals surface area contributed by atoms with Crippen molar-refractivity contribution in [1.29, 1.82) is 0 Å². The molecular weight excluding hydrogens is 311 g/mol. The summed E-state index contributed by atoms with van der Waals surface area (Å²) < 4.78 is 18.5. The molecule has 0 aliphatic heterocycles. The second kappa shape index (κ2) is 6.33. The third-order valence-corrected chi connectivity index (χ3v) is 3.65. The van der Waals surface area contributed by atoms with Gasteiger partial charge in [-0.05, 0) is 43.3 Å². The molecule has 124 valence electrons. The van der Waals surface area contributed by atoms with Crippen LogP contribution in [0.25, 0.3) is 11.0 Å². The van der Waals surface area contributed by atoms with Crippen LogP contribution in [0.4, 0.5) is 14.9 Å². The number of halogens is 1. The van der Waals surface area contributed by atoms with E-state index in [-0.39, 0.29) is 12.4 Å². The van der Waals surface area contributed by atoms with Gasteiger partial charge in [-0.3, -0.25) is 0 Å². The number of fused-ring (bicyclic) bond motifs is 1. The van der Waals surface area contributed by atoms with Crippen LogP contribution in [-0.2, 0) is 5.60 Å². The van der Waals surface area contributed by atoms with Crippen LogP contribution >= 0.6 is 0 Å². The highest BCUT2D eigenvalue weighted by molar-refractivity contribution is 5.89. The lowest BCUT2D eigenvalue weighted by atomic mass is 10.0. The van der Waals surface area contributed by atoms with E-state index in [9.17, 15) is 14.3 Å². The fourth-order valence-electron chi connectivity index (χ4n) is 2.30. The molecule has 0 saturated carbocycles. The van der Waals surface area contributed by atoms with E-state index in [1.165, 1.54) is 24.3 Å². The number of furan rings is 1. The summed E-state index contributed by atoms with van der Waals surface area (Å²) >= 11 is 0. The zero-order chi connectivity index (χ0) is 17.2. The minimum atomic E-state index is -1.36. The van der Waals surface area contributed by atoms with Gasteiger partial charge in [0.2, 0.25) is 0 Å². The molecule has 1 heterocycles. The van der Waals surface area contributed by atoms with Crippen LogP contribution in [0.1, 0.15) is 12.7 Å². The highest BCUT2D eigenvalue weighted by Crippen LogP contribution is 2.27. The van der Waals surface area contributed by atoms with Crippen molar-refractivity contribution in [3.8, 4) is 0 Å². The van der Waals surface area contributed by atoms with Gasteiger partial charge in [-0.25, -0.2) is 9.18 Å². The molecule has 0 aliphatic rings. The van der Waals surface area contributed by atoms with E-state index in [4.69, 9.17) is 4.42 Å². The Morgan fingerprint density at radius 1 is 1.21 bits per heavy atom. The van der Waals surface area contributed by atoms with Gasteiger partial charge in [0.05, 0.1) is 6.54 Å². The Hall–Kier alpha value is -2.86. The third-order valence-electron chi connectivity index (χ3n) is 3.65. The zero-order valence-corrected chi connectivity index (χ0v) is 13.0. The molecule has 1 aromatic heterocycles. The molecular formula is C18H17FN2O3. The predicted molar refractivity (Wildman–Crippen MR) is 89.2 cm³/mol. The molecule has 2 aromatic carbocycles. The Morgan fingerprint density at radius 2 is 1.92 bits per heavy atom. The fraction of sp³-hybridized carbons (Fsp3) is 0.167. The number of benzene rings is 2. The second-order valence-corrected chi connectivity index (χ2v) is 5.74. The van der Waals surface area contributed by atoms with Crippen molar-refractivity contribution in [3.63, 3.8) is 0 Å². The van der Waals surface area contributed by atoms with Gasteiger partial charge in [0.25, 0.3) is 0 Å². The summed E-state index contributed by atoms with van der Waals surface area (Å²) in [5.41, 5.74) is -0.236. The fourth-order valence-corrected chi connectivity index (χ4v) is 2.30. The molecule has 5 nitrogen and oxygen atoms in total. The average Bonchev–Trinajstić information content (AvgIpc) is 3.00. The number of urea groups is 1. The van der Waals surface area contributed by atoms with Crippen LogP contribution < -0.4 is 10.6 Å². The Kier molecular flexibility index (Phi) is 4.22. The van der Waals surface area contributed by atoms with Crippen LogP contribution in [0.15, 0.2) is 59.0 Å². The topological polar surface area (TPSA) is 74.5 Å². The highest BCUT2D eigenvalue weighted by atomic mass is 19.1. The van der Waals surface area contributed by atoms with Crippen molar-refractivity contribution >= 4 is 22.7 Å². The van der Waals surface area contributed by atoms with Gasteiger partial charge in [0.15, 0.2) is 0 Å². The monoisotopic (exact) mass is 328 g/mol. The Bertz CT molecular complexity index is 823. The van der Waals surface area contributed by atoms with E-state index in [1.807, 2.05) is 24.3 Å². The predicted octanol–water partition coefficient (Wildman–Crippen LogP) is 3.60. The first-order valence-electron chi connectivity index (χ1n) is 7.46. The van der Waals surface area contributed by atoms with Crippen molar-refractivity contribution in [2.45, 2.75) is 12.5 Å². The van der Waals surface area contributed by atoms with Gasteiger partial charge in [0, 0.05) is 11.1 Å². The first-order chi connectivity index (χ1) is 11.4. The molecule has 0 bridgehead atoms. The number of aliphatic hydroxyl groups is 1. The maximum absolute atomic E-state index is 12.8. The largest absolute Gasteiger partial charge is 0.458 e. The third kappa shape index (κ3) is 3.55. The van der Waals surface area contributed by atoms with Gasteiger partial charge < -0.3 is 20.2 Å². The average molecular weight is 328 g/mol. The smallest absolute Gasteiger partial charge is 0.319 e. The lowest BCUT2D eigenvalue weighted by Gasteiger charge is -2.21. The van der Waals surface area contributed by atoms with Crippen molar-refractivity contribution in [2.75, 3.05) is 11.9 Å². The number of carbonyl (C=O) groups excluding carboxylic acids is 1.